The Hall–Kier alpha value is -1.66. The molecule has 0 aliphatic carbocycles. The van der Waals surface area contributed by atoms with Crippen LogP contribution < -0.4 is 5.32 Å². The highest BCUT2D eigenvalue weighted by molar-refractivity contribution is 7.09. The van der Waals surface area contributed by atoms with Crippen LogP contribution in [0.15, 0.2) is 29.9 Å². The van der Waals surface area contributed by atoms with Gasteiger partial charge in [-0.2, -0.15) is 5.10 Å². The van der Waals surface area contributed by atoms with Crippen molar-refractivity contribution in [2.24, 2.45) is 0 Å². The van der Waals surface area contributed by atoms with Crippen LogP contribution in [0.3, 0.4) is 0 Å². The summed E-state index contributed by atoms with van der Waals surface area (Å²) in [6.45, 7) is 6.51. The summed E-state index contributed by atoms with van der Waals surface area (Å²) in [5.74, 6) is 0.117. The lowest BCUT2D eigenvalue weighted by Crippen LogP contribution is -2.56. The number of carbonyl (C=O) groups is 1. The van der Waals surface area contributed by atoms with E-state index in [-0.39, 0.29) is 11.9 Å². The number of nitrogens with zero attached hydrogens (tertiary/aromatic N) is 3. The van der Waals surface area contributed by atoms with Gasteiger partial charge in [0.25, 0.3) is 0 Å². The number of carbonyl (C=O) groups excluding carboxylic acids is 1. The molecule has 6 heteroatoms. The minimum atomic E-state index is -0.0729. The van der Waals surface area contributed by atoms with Crippen molar-refractivity contribution < 1.29 is 4.79 Å². The first kappa shape index (κ1) is 15.2. The molecule has 0 saturated carbocycles. The van der Waals surface area contributed by atoms with Crippen LogP contribution in [0.2, 0.25) is 0 Å². The van der Waals surface area contributed by atoms with Crippen LogP contribution in [0.4, 0.5) is 0 Å². The maximum Gasteiger partial charge on any atom is 0.237 e. The van der Waals surface area contributed by atoms with E-state index >= 15 is 0 Å². The van der Waals surface area contributed by atoms with Crippen molar-refractivity contribution in [2.45, 2.75) is 32.4 Å². The standard InChI is InChI=1S/C16H22N4OS/c1-12-8-18-20(9-12)14-10-19(11-14)13(2)16(21)17-6-5-15-4-3-7-22-15/h3-4,7-9,13-14H,5-6,10-11H2,1-2H3,(H,17,21). The largest absolute Gasteiger partial charge is 0.354 e. The molecule has 1 saturated heterocycles. The molecule has 5 nitrogen and oxygen atoms in total. The summed E-state index contributed by atoms with van der Waals surface area (Å²) in [6, 6.07) is 4.47. The first-order valence-electron chi connectivity index (χ1n) is 7.68. The van der Waals surface area contributed by atoms with Gasteiger partial charge in [-0.3, -0.25) is 14.4 Å². The first-order chi connectivity index (χ1) is 10.6. The maximum absolute atomic E-state index is 12.2. The molecule has 0 bridgehead atoms. The third kappa shape index (κ3) is 3.39. The molecule has 2 aromatic rings. The maximum atomic E-state index is 12.2. The second-order valence-corrected chi connectivity index (χ2v) is 6.93. The zero-order valence-corrected chi connectivity index (χ0v) is 13.8. The van der Waals surface area contributed by atoms with Crippen LogP contribution in [-0.2, 0) is 11.2 Å². The molecular weight excluding hydrogens is 296 g/mol. The van der Waals surface area contributed by atoms with Crippen LogP contribution >= 0.6 is 11.3 Å². The van der Waals surface area contributed by atoms with Crippen LogP contribution in [0.5, 0.6) is 0 Å². The zero-order valence-electron chi connectivity index (χ0n) is 13.0. The van der Waals surface area contributed by atoms with Crippen molar-refractivity contribution in [3.8, 4) is 0 Å². The van der Waals surface area contributed by atoms with Gasteiger partial charge in [0.2, 0.25) is 5.91 Å². The van der Waals surface area contributed by atoms with E-state index < -0.39 is 0 Å². The molecule has 0 aromatic carbocycles. The van der Waals surface area contributed by atoms with Gasteiger partial charge >= 0.3 is 0 Å². The molecule has 1 unspecified atom stereocenters. The fourth-order valence-corrected chi connectivity index (χ4v) is 3.39. The Morgan fingerprint density at radius 1 is 1.55 bits per heavy atom. The molecule has 3 heterocycles. The van der Waals surface area contributed by atoms with Gasteiger partial charge < -0.3 is 5.32 Å². The minimum absolute atomic E-state index is 0.0729. The minimum Gasteiger partial charge on any atom is -0.354 e. The quantitative estimate of drug-likeness (QED) is 0.884. The lowest BCUT2D eigenvalue weighted by molar-refractivity contribution is -0.128. The Morgan fingerprint density at radius 3 is 3.00 bits per heavy atom. The highest BCUT2D eigenvalue weighted by Crippen LogP contribution is 2.23. The Morgan fingerprint density at radius 2 is 2.36 bits per heavy atom. The monoisotopic (exact) mass is 318 g/mol. The van der Waals surface area contributed by atoms with Crippen molar-refractivity contribution >= 4 is 17.2 Å². The van der Waals surface area contributed by atoms with Crippen molar-refractivity contribution in [3.05, 3.63) is 40.3 Å². The van der Waals surface area contributed by atoms with Gasteiger partial charge in [0.1, 0.15) is 0 Å². The lowest BCUT2D eigenvalue weighted by Gasteiger charge is -2.42. The number of aryl methyl sites for hydroxylation is 1. The van der Waals surface area contributed by atoms with E-state index in [0.717, 1.165) is 19.5 Å². The number of aromatic nitrogens is 2. The van der Waals surface area contributed by atoms with Gasteiger partial charge in [0, 0.05) is 30.7 Å². The fourth-order valence-electron chi connectivity index (χ4n) is 2.68. The Labute approximate surface area is 134 Å². The summed E-state index contributed by atoms with van der Waals surface area (Å²) in [7, 11) is 0. The predicted molar refractivity (Wildman–Crippen MR) is 88.1 cm³/mol. The van der Waals surface area contributed by atoms with Crippen LogP contribution in [0.25, 0.3) is 0 Å². The zero-order chi connectivity index (χ0) is 15.5. The average molecular weight is 318 g/mol. The second-order valence-electron chi connectivity index (χ2n) is 5.90. The Bertz CT molecular complexity index is 616. The molecule has 1 aliphatic rings. The first-order valence-corrected chi connectivity index (χ1v) is 8.56. The van der Waals surface area contributed by atoms with E-state index in [2.05, 4.69) is 33.0 Å². The summed E-state index contributed by atoms with van der Waals surface area (Å²) in [4.78, 5) is 15.7. The number of thiophene rings is 1. The van der Waals surface area contributed by atoms with E-state index in [9.17, 15) is 4.79 Å². The predicted octanol–water partition coefficient (Wildman–Crippen LogP) is 1.86. The van der Waals surface area contributed by atoms with Crippen molar-refractivity contribution in [3.63, 3.8) is 0 Å². The Kier molecular flexibility index (Phi) is 4.59. The SMILES string of the molecule is Cc1cnn(C2CN(C(C)C(=O)NCCc3cccs3)C2)c1. The van der Waals surface area contributed by atoms with Gasteiger partial charge in [-0.05, 0) is 37.3 Å². The molecule has 1 amide bonds. The fraction of sp³-hybridized carbons (Fsp3) is 0.500. The van der Waals surface area contributed by atoms with E-state index in [0.29, 0.717) is 12.6 Å². The normalized spacial score (nSPS) is 17.2. The molecule has 1 fully saturated rings. The smallest absolute Gasteiger partial charge is 0.237 e. The summed E-state index contributed by atoms with van der Waals surface area (Å²) >= 11 is 1.73. The van der Waals surface area contributed by atoms with Gasteiger partial charge in [-0.15, -0.1) is 11.3 Å². The van der Waals surface area contributed by atoms with Crippen LogP contribution in [-0.4, -0.2) is 46.3 Å². The summed E-state index contributed by atoms with van der Waals surface area (Å²) in [6.07, 6.45) is 4.85. The number of hydrogen-bond acceptors (Lipinski definition) is 4. The van der Waals surface area contributed by atoms with E-state index in [1.165, 1.54) is 10.4 Å². The number of rotatable bonds is 6. The van der Waals surface area contributed by atoms with Gasteiger partial charge in [0.05, 0.1) is 18.3 Å². The summed E-state index contributed by atoms with van der Waals surface area (Å²) in [5, 5.41) is 9.44. The van der Waals surface area contributed by atoms with Crippen molar-refractivity contribution in [1.29, 1.82) is 0 Å². The number of nitrogens with one attached hydrogen (secondary N) is 1. The molecule has 0 spiro atoms. The van der Waals surface area contributed by atoms with Gasteiger partial charge in [0.15, 0.2) is 0 Å². The molecule has 1 atom stereocenters. The molecule has 1 N–H and O–H groups in total. The molecular formula is C16H22N4OS. The molecule has 1 aliphatic heterocycles. The summed E-state index contributed by atoms with van der Waals surface area (Å²) < 4.78 is 2.01. The molecule has 22 heavy (non-hydrogen) atoms. The van der Waals surface area contributed by atoms with Gasteiger partial charge in [-0.1, -0.05) is 6.07 Å². The molecule has 2 aromatic heterocycles. The van der Waals surface area contributed by atoms with E-state index in [4.69, 9.17) is 0 Å². The number of hydrogen-bond donors (Lipinski definition) is 1. The second kappa shape index (κ2) is 6.62. The topological polar surface area (TPSA) is 50.2 Å². The average Bonchev–Trinajstić information content (AvgIpc) is 3.09. The highest BCUT2D eigenvalue weighted by atomic mass is 32.1. The summed E-state index contributed by atoms with van der Waals surface area (Å²) in [5.41, 5.74) is 1.18. The van der Waals surface area contributed by atoms with Crippen LogP contribution in [0, 0.1) is 6.92 Å². The van der Waals surface area contributed by atoms with Crippen molar-refractivity contribution in [2.75, 3.05) is 19.6 Å². The third-order valence-electron chi connectivity index (χ3n) is 4.17. The van der Waals surface area contributed by atoms with Crippen LogP contribution in [0.1, 0.15) is 23.4 Å². The third-order valence-corrected chi connectivity index (χ3v) is 5.11. The highest BCUT2D eigenvalue weighted by Gasteiger charge is 2.34. The number of amides is 1. The lowest BCUT2D eigenvalue weighted by atomic mass is 10.1. The molecule has 3 rings (SSSR count). The van der Waals surface area contributed by atoms with Gasteiger partial charge in [-0.25, -0.2) is 0 Å². The van der Waals surface area contributed by atoms with E-state index in [1.54, 1.807) is 11.3 Å². The molecule has 118 valence electrons. The van der Waals surface area contributed by atoms with Crippen molar-refractivity contribution in [1.82, 2.24) is 20.0 Å². The Balaban J connectivity index is 1.40. The van der Waals surface area contributed by atoms with E-state index in [1.807, 2.05) is 30.8 Å². The number of likely N-dealkylation sites (tertiary alicyclic amines) is 1. The molecule has 0 radical (unpaired) electrons.